The van der Waals surface area contributed by atoms with Crippen molar-refractivity contribution in [1.29, 1.82) is 0 Å². The van der Waals surface area contributed by atoms with Crippen molar-refractivity contribution in [2.45, 2.75) is 19.8 Å². The fourth-order valence-electron chi connectivity index (χ4n) is 1.08. The summed E-state index contributed by atoms with van der Waals surface area (Å²) in [6.07, 6.45) is 2.72. The minimum Gasteiger partial charge on any atom is -0.273 e. The van der Waals surface area contributed by atoms with E-state index in [1.165, 1.54) is 6.21 Å². The number of amides is 1. The molecular formula is C11H12Cl2N2O. The molecule has 0 fully saturated rings. The second-order valence-corrected chi connectivity index (χ2v) is 3.97. The Balaban J connectivity index is 2.63. The van der Waals surface area contributed by atoms with Crippen LogP contribution >= 0.6 is 23.2 Å². The third-order valence-corrected chi connectivity index (χ3v) is 2.68. The van der Waals surface area contributed by atoms with E-state index in [4.69, 9.17) is 23.2 Å². The van der Waals surface area contributed by atoms with Gasteiger partial charge in [0.1, 0.15) is 0 Å². The molecule has 16 heavy (non-hydrogen) atoms. The number of halogens is 2. The molecule has 0 unspecified atom stereocenters. The zero-order valence-electron chi connectivity index (χ0n) is 8.84. The summed E-state index contributed by atoms with van der Waals surface area (Å²) in [6.45, 7) is 1.93. The summed E-state index contributed by atoms with van der Waals surface area (Å²) in [4.78, 5) is 11.1. The Labute approximate surface area is 104 Å². The van der Waals surface area contributed by atoms with Gasteiger partial charge >= 0.3 is 0 Å². The maximum absolute atomic E-state index is 11.1. The van der Waals surface area contributed by atoms with E-state index in [1.54, 1.807) is 18.2 Å². The van der Waals surface area contributed by atoms with E-state index < -0.39 is 0 Å². The first-order valence-corrected chi connectivity index (χ1v) is 5.66. The van der Waals surface area contributed by atoms with Gasteiger partial charge in [0.2, 0.25) is 5.91 Å². The molecule has 0 aromatic heterocycles. The molecule has 0 saturated carbocycles. The number of rotatable bonds is 4. The average molecular weight is 259 g/mol. The zero-order valence-corrected chi connectivity index (χ0v) is 10.3. The Morgan fingerprint density at radius 3 is 2.94 bits per heavy atom. The molecule has 3 nitrogen and oxygen atoms in total. The molecule has 0 aliphatic carbocycles. The van der Waals surface area contributed by atoms with Crippen LogP contribution in [0.2, 0.25) is 10.0 Å². The summed E-state index contributed by atoms with van der Waals surface area (Å²) >= 11 is 11.8. The third kappa shape index (κ3) is 3.83. The molecule has 86 valence electrons. The van der Waals surface area contributed by atoms with Gasteiger partial charge in [-0.25, -0.2) is 5.43 Å². The van der Waals surface area contributed by atoms with Gasteiger partial charge in [0.25, 0.3) is 0 Å². The number of carbonyl (C=O) groups excluding carboxylic acids is 1. The van der Waals surface area contributed by atoms with Gasteiger partial charge in [0.15, 0.2) is 0 Å². The van der Waals surface area contributed by atoms with Crippen molar-refractivity contribution in [3.63, 3.8) is 0 Å². The molecule has 5 heteroatoms. The molecule has 1 aromatic rings. The smallest absolute Gasteiger partial charge is 0.240 e. The van der Waals surface area contributed by atoms with Crippen LogP contribution in [0.3, 0.4) is 0 Å². The monoisotopic (exact) mass is 258 g/mol. The largest absolute Gasteiger partial charge is 0.273 e. The van der Waals surface area contributed by atoms with E-state index in [0.717, 1.165) is 6.42 Å². The van der Waals surface area contributed by atoms with Gasteiger partial charge in [-0.1, -0.05) is 42.3 Å². The van der Waals surface area contributed by atoms with E-state index in [9.17, 15) is 4.79 Å². The SMILES string of the molecule is CCCC(=O)N/N=C/c1cccc(Cl)c1Cl. The second-order valence-electron chi connectivity index (χ2n) is 3.19. The third-order valence-electron chi connectivity index (χ3n) is 1.85. The van der Waals surface area contributed by atoms with Crippen LogP contribution in [0.5, 0.6) is 0 Å². The molecule has 1 aromatic carbocycles. The van der Waals surface area contributed by atoms with Crippen molar-refractivity contribution in [1.82, 2.24) is 5.43 Å². The minimum absolute atomic E-state index is 0.114. The first-order valence-electron chi connectivity index (χ1n) is 4.91. The van der Waals surface area contributed by atoms with Gasteiger partial charge in [-0.3, -0.25) is 4.79 Å². The van der Waals surface area contributed by atoms with Crippen LogP contribution in [0, 0.1) is 0 Å². The predicted molar refractivity (Wildman–Crippen MR) is 67.1 cm³/mol. The molecule has 0 heterocycles. The lowest BCUT2D eigenvalue weighted by Crippen LogP contribution is -2.16. The average Bonchev–Trinajstić information content (AvgIpc) is 2.25. The maximum Gasteiger partial charge on any atom is 0.240 e. The molecule has 0 saturated heterocycles. The molecule has 1 N–H and O–H groups in total. The van der Waals surface area contributed by atoms with Crippen LogP contribution in [0.25, 0.3) is 0 Å². The quantitative estimate of drug-likeness (QED) is 0.654. The number of benzene rings is 1. The Hall–Kier alpha value is -1.06. The molecular weight excluding hydrogens is 247 g/mol. The molecule has 0 aliphatic heterocycles. The fourth-order valence-corrected chi connectivity index (χ4v) is 1.43. The lowest BCUT2D eigenvalue weighted by molar-refractivity contribution is -0.121. The summed E-state index contributed by atoms with van der Waals surface area (Å²) in [5.74, 6) is -0.114. The molecule has 0 atom stereocenters. The first kappa shape index (κ1) is 13.0. The number of hydrogen-bond acceptors (Lipinski definition) is 2. The number of hydrazone groups is 1. The van der Waals surface area contributed by atoms with Gasteiger partial charge in [0, 0.05) is 12.0 Å². The van der Waals surface area contributed by atoms with Crippen molar-refractivity contribution < 1.29 is 4.79 Å². The summed E-state index contributed by atoms with van der Waals surface area (Å²) in [7, 11) is 0. The van der Waals surface area contributed by atoms with E-state index in [-0.39, 0.29) is 5.91 Å². The van der Waals surface area contributed by atoms with Crippen LogP contribution < -0.4 is 5.43 Å². The molecule has 1 rings (SSSR count). The van der Waals surface area contributed by atoms with Crippen LogP contribution in [-0.2, 0) is 4.79 Å². The lowest BCUT2D eigenvalue weighted by Gasteiger charge is -2.00. The van der Waals surface area contributed by atoms with Crippen LogP contribution in [0.4, 0.5) is 0 Å². The maximum atomic E-state index is 11.1. The number of hydrogen-bond donors (Lipinski definition) is 1. The number of nitrogens with one attached hydrogen (secondary N) is 1. The highest BCUT2D eigenvalue weighted by atomic mass is 35.5. The van der Waals surface area contributed by atoms with Crippen LogP contribution in [0.1, 0.15) is 25.3 Å². The highest BCUT2D eigenvalue weighted by Gasteiger charge is 2.01. The molecule has 0 spiro atoms. The lowest BCUT2D eigenvalue weighted by atomic mass is 10.2. The van der Waals surface area contributed by atoms with E-state index in [1.807, 2.05) is 6.92 Å². The van der Waals surface area contributed by atoms with Crippen LogP contribution in [-0.4, -0.2) is 12.1 Å². The number of carbonyl (C=O) groups is 1. The Morgan fingerprint density at radius 2 is 2.25 bits per heavy atom. The van der Waals surface area contributed by atoms with Crippen molar-refractivity contribution in [3.05, 3.63) is 33.8 Å². The van der Waals surface area contributed by atoms with Gasteiger partial charge in [-0.15, -0.1) is 0 Å². The molecule has 0 aliphatic rings. The van der Waals surface area contributed by atoms with Crippen LogP contribution in [0.15, 0.2) is 23.3 Å². The van der Waals surface area contributed by atoms with E-state index in [2.05, 4.69) is 10.5 Å². The fraction of sp³-hybridized carbons (Fsp3) is 0.273. The predicted octanol–water partition coefficient (Wildman–Crippen LogP) is 3.24. The van der Waals surface area contributed by atoms with Crippen molar-refractivity contribution >= 4 is 35.3 Å². The summed E-state index contributed by atoms with van der Waals surface area (Å²) < 4.78 is 0. The highest BCUT2D eigenvalue weighted by Crippen LogP contribution is 2.23. The summed E-state index contributed by atoms with van der Waals surface area (Å²) in [5, 5.41) is 4.69. The molecule has 0 radical (unpaired) electrons. The highest BCUT2D eigenvalue weighted by molar-refractivity contribution is 6.43. The Morgan fingerprint density at radius 1 is 1.50 bits per heavy atom. The standard InChI is InChI=1S/C11H12Cl2N2O/c1-2-4-10(16)15-14-7-8-5-3-6-9(12)11(8)13/h3,5-7H,2,4H2,1H3,(H,15,16)/b14-7+. The second kappa shape index (κ2) is 6.51. The van der Waals surface area contributed by atoms with E-state index >= 15 is 0 Å². The first-order chi connectivity index (χ1) is 7.65. The van der Waals surface area contributed by atoms with Crippen molar-refractivity contribution in [2.75, 3.05) is 0 Å². The van der Waals surface area contributed by atoms with Crippen molar-refractivity contribution in [3.8, 4) is 0 Å². The minimum atomic E-state index is -0.114. The summed E-state index contributed by atoms with van der Waals surface area (Å²) in [5.41, 5.74) is 3.08. The molecule has 0 bridgehead atoms. The van der Waals surface area contributed by atoms with Gasteiger partial charge in [0.05, 0.1) is 16.3 Å². The summed E-state index contributed by atoms with van der Waals surface area (Å²) in [6, 6.07) is 5.23. The van der Waals surface area contributed by atoms with Gasteiger partial charge < -0.3 is 0 Å². The topological polar surface area (TPSA) is 41.5 Å². The number of nitrogens with zero attached hydrogens (tertiary/aromatic N) is 1. The van der Waals surface area contributed by atoms with Gasteiger partial charge in [-0.05, 0) is 12.5 Å². The Bertz CT molecular complexity index is 405. The normalized spacial score (nSPS) is 10.7. The van der Waals surface area contributed by atoms with Crippen molar-refractivity contribution in [2.24, 2.45) is 5.10 Å². The zero-order chi connectivity index (χ0) is 12.0. The van der Waals surface area contributed by atoms with Gasteiger partial charge in [-0.2, -0.15) is 5.10 Å². The molecule has 1 amide bonds. The van der Waals surface area contributed by atoms with E-state index in [0.29, 0.717) is 22.0 Å². The Kier molecular flexibility index (Phi) is 5.29.